The van der Waals surface area contributed by atoms with E-state index in [1.165, 1.54) is 6.07 Å². The summed E-state index contributed by atoms with van der Waals surface area (Å²) in [7, 11) is 0. The van der Waals surface area contributed by atoms with Crippen LogP contribution in [0.1, 0.15) is 29.8 Å². The second kappa shape index (κ2) is 4.68. The Labute approximate surface area is 88.1 Å². The number of aryl methyl sites for hydroxylation is 1. The van der Waals surface area contributed by atoms with Gasteiger partial charge in [-0.15, -0.1) is 0 Å². The molecule has 0 aromatic heterocycles. The molecule has 0 fully saturated rings. The number of carbonyl (C=O) groups excluding carboxylic acids is 1. The highest BCUT2D eigenvalue weighted by molar-refractivity contribution is 5.94. The predicted molar refractivity (Wildman–Crippen MR) is 55.1 cm³/mol. The van der Waals surface area contributed by atoms with Gasteiger partial charge in [0.2, 0.25) is 0 Å². The van der Waals surface area contributed by atoms with E-state index < -0.39 is 5.97 Å². The average Bonchev–Trinajstić information content (AvgIpc) is 2.16. The van der Waals surface area contributed by atoms with Crippen molar-refractivity contribution in [2.45, 2.75) is 20.3 Å². The Morgan fingerprint density at radius 2 is 2.00 bits per heavy atom. The highest BCUT2D eigenvalue weighted by Gasteiger charge is 2.17. The molecule has 15 heavy (non-hydrogen) atoms. The Morgan fingerprint density at radius 3 is 2.53 bits per heavy atom. The third-order valence-corrected chi connectivity index (χ3v) is 2.04. The van der Waals surface area contributed by atoms with Gasteiger partial charge in [-0.2, -0.15) is 0 Å². The van der Waals surface area contributed by atoms with E-state index in [9.17, 15) is 15.0 Å². The van der Waals surface area contributed by atoms with Crippen molar-refractivity contribution in [3.05, 3.63) is 23.3 Å². The summed E-state index contributed by atoms with van der Waals surface area (Å²) in [5, 5.41) is 18.8. The van der Waals surface area contributed by atoms with Crippen molar-refractivity contribution in [2.24, 2.45) is 0 Å². The number of carbonyl (C=O) groups is 1. The number of benzene rings is 1. The van der Waals surface area contributed by atoms with Crippen molar-refractivity contribution in [1.82, 2.24) is 0 Å². The second-order valence-corrected chi connectivity index (χ2v) is 3.07. The summed E-state index contributed by atoms with van der Waals surface area (Å²) in [4.78, 5) is 11.5. The fourth-order valence-electron chi connectivity index (χ4n) is 1.39. The van der Waals surface area contributed by atoms with Crippen LogP contribution in [-0.4, -0.2) is 22.8 Å². The van der Waals surface area contributed by atoms with E-state index in [1.54, 1.807) is 6.92 Å². The molecule has 0 bridgehead atoms. The van der Waals surface area contributed by atoms with Gasteiger partial charge >= 0.3 is 5.97 Å². The highest BCUT2D eigenvalue weighted by atomic mass is 16.5. The number of phenolic OH excluding ortho intramolecular Hbond substituents is 2. The first-order valence-electron chi connectivity index (χ1n) is 4.82. The molecule has 0 aliphatic heterocycles. The molecule has 0 atom stereocenters. The lowest BCUT2D eigenvalue weighted by atomic mass is 10.0. The quantitative estimate of drug-likeness (QED) is 0.747. The number of phenols is 2. The summed E-state index contributed by atoms with van der Waals surface area (Å²) in [6.45, 7) is 3.78. The first kappa shape index (κ1) is 11.4. The largest absolute Gasteiger partial charge is 0.508 e. The summed E-state index contributed by atoms with van der Waals surface area (Å²) in [5.74, 6) is -0.866. The molecule has 1 rings (SSSR count). The van der Waals surface area contributed by atoms with Gasteiger partial charge < -0.3 is 14.9 Å². The molecule has 0 saturated heterocycles. The van der Waals surface area contributed by atoms with Crippen molar-refractivity contribution in [3.63, 3.8) is 0 Å². The zero-order valence-corrected chi connectivity index (χ0v) is 8.78. The van der Waals surface area contributed by atoms with E-state index in [2.05, 4.69) is 0 Å². The fraction of sp³-hybridized carbons (Fsp3) is 0.364. The van der Waals surface area contributed by atoms with Crippen molar-refractivity contribution in [1.29, 1.82) is 0 Å². The zero-order chi connectivity index (χ0) is 11.4. The number of esters is 1. The molecule has 4 nitrogen and oxygen atoms in total. The molecule has 0 aliphatic carbocycles. The molecule has 0 radical (unpaired) electrons. The molecule has 1 aromatic rings. The maximum absolute atomic E-state index is 11.5. The lowest BCUT2D eigenvalue weighted by Gasteiger charge is -2.09. The van der Waals surface area contributed by atoms with Crippen LogP contribution in [0.5, 0.6) is 11.5 Å². The van der Waals surface area contributed by atoms with Gasteiger partial charge in [-0.25, -0.2) is 4.79 Å². The van der Waals surface area contributed by atoms with Crippen LogP contribution in [0.2, 0.25) is 0 Å². The molecule has 4 heteroatoms. The van der Waals surface area contributed by atoms with Crippen LogP contribution in [0, 0.1) is 0 Å². The Bertz CT molecular complexity index is 371. The van der Waals surface area contributed by atoms with Gasteiger partial charge in [0.1, 0.15) is 17.1 Å². The lowest BCUT2D eigenvalue weighted by Crippen LogP contribution is -2.08. The van der Waals surface area contributed by atoms with Crippen LogP contribution in [0.25, 0.3) is 0 Å². The van der Waals surface area contributed by atoms with E-state index >= 15 is 0 Å². The summed E-state index contributed by atoms with van der Waals surface area (Å²) in [5.41, 5.74) is 0.711. The highest BCUT2D eigenvalue weighted by Crippen LogP contribution is 2.28. The van der Waals surface area contributed by atoms with Crippen molar-refractivity contribution >= 4 is 5.97 Å². The predicted octanol–water partition coefficient (Wildman–Crippen LogP) is 1.84. The Morgan fingerprint density at radius 1 is 1.33 bits per heavy atom. The molecule has 0 spiro atoms. The monoisotopic (exact) mass is 210 g/mol. The van der Waals surface area contributed by atoms with Gasteiger partial charge in [-0.05, 0) is 25.0 Å². The summed E-state index contributed by atoms with van der Waals surface area (Å²) < 4.78 is 4.81. The van der Waals surface area contributed by atoms with Crippen molar-refractivity contribution < 1.29 is 19.7 Å². The number of ether oxygens (including phenoxy) is 1. The zero-order valence-electron chi connectivity index (χ0n) is 8.78. The molecule has 0 aliphatic rings. The molecular formula is C11H14O4. The first-order chi connectivity index (χ1) is 7.10. The number of hydrogen-bond donors (Lipinski definition) is 2. The van der Waals surface area contributed by atoms with E-state index in [-0.39, 0.29) is 23.7 Å². The number of hydrogen-bond acceptors (Lipinski definition) is 4. The van der Waals surface area contributed by atoms with Gasteiger partial charge in [0.25, 0.3) is 0 Å². The van der Waals surface area contributed by atoms with Crippen LogP contribution >= 0.6 is 0 Å². The minimum absolute atomic E-state index is 0.0580. The number of rotatable bonds is 3. The molecule has 82 valence electrons. The Kier molecular flexibility index (Phi) is 3.55. The normalized spacial score (nSPS) is 10.0. The molecule has 2 N–H and O–H groups in total. The maximum Gasteiger partial charge on any atom is 0.342 e. The lowest BCUT2D eigenvalue weighted by molar-refractivity contribution is 0.0522. The van der Waals surface area contributed by atoms with E-state index in [1.807, 2.05) is 6.92 Å². The van der Waals surface area contributed by atoms with Gasteiger partial charge in [0.15, 0.2) is 0 Å². The van der Waals surface area contributed by atoms with Crippen molar-refractivity contribution in [3.8, 4) is 11.5 Å². The summed E-state index contributed by atoms with van der Waals surface area (Å²) >= 11 is 0. The summed E-state index contributed by atoms with van der Waals surface area (Å²) in [6.07, 6.45) is 0.538. The minimum atomic E-state index is -0.563. The van der Waals surface area contributed by atoms with E-state index in [4.69, 9.17) is 4.74 Å². The summed E-state index contributed by atoms with van der Waals surface area (Å²) in [6, 6.07) is 2.58. The average molecular weight is 210 g/mol. The maximum atomic E-state index is 11.5. The first-order valence-corrected chi connectivity index (χ1v) is 4.82. The van der Waals surface area contributed by atoms with E-state index in [0.717, 1.165) is 6.07 Å². The van der Waals surface area contributed by atoms with Gasteiger partial charge in [0.05, 0.1) is 6.61 Å². The van der Waals surface area contributed by atoms with Gasteiger partial charge in [-0.3, -0.25) is 0 Å². The molecule has 1 aromatic carbocycles. The van der Waals surface area contributed by atoms with E-state index in [0.29, 0.717) is 12.0 Å². The Hall–Kier alpha value is -1.71. The standard InChI is InChI=1S/C11H14O4/c1-3-7-5-8(12)6-9(13)10(7)11(14)15-4-2/h5-6,12-13H,3-4H2,1-2H3. The van der Waals surface area contributed by atoms with Crippen LogP contribution in [0.4, 0.5) is 0 Å². The molecule has 0 unspecified atom stereocenters. The molecular weight excluding hydrogens is 196 g/mol. The fourth-order valence-corrected chi connectivity index (χ4v) is 1.39. The van der Waals surface area contributed by atoms with Crippen LogP contribution in [-0.2, 0) is 11.2 Å². The van der Waals surface area contributed by atoms with Crippen LogP contribution in [0.15, 0.2) is 12.1 Å². The van der Waals surface area contributed by atoms with Gasteiger partial charge in [0, 0.05) is 6.07 Å². The number of aromatic hydroxyl groups is 2. The third kappa shape index (κ3) is 2.40. The second-order valence-electron chi connectivity index (χ2n) is 3.07. The van der Waals surface area contributed by atoms with Gasteiger partial charge in [-0.1, -0.05) is 6.92 Å². The third-order valence-electron chi connectivity index (χ3n) is 2.04. The van der Waals surface area contributed by atoms with Crippen LogP contribution < -0.4 is 0 Å². The SMILES string of the molecule is CCOC(=O)c1c(O)cc(O)cc1CC. The molecule has 0 heterocycles. The smallest absolute Gasteiger partial charge is 0.342 e. The molecule has 0 amide bonds. The minimum Gasteiger partial charge on any atom is -0.508 e. The van der Waals surface area contributed by atoms with Crippen molar-refractivity contribution in [2.75, 3.05) is 6.61 Å². The molecule has 0 saturated carbocycles. The Balaban J connectivity index is 3.20. The van der Waals surface area contributed by atoms with Crippen LogP contribution in [0.3, 0.4) is 0 Å². The topological polar surface area (TPSA) is 66.8 Å².